The van der Waals surface area contributed by atoms with E-state index >= 15 is 0 Å². The molecule has 96 valence electrons. The highest BCUT2D eigenvalue weighted by molar-refractivity contribution is 6.29. The van der Waals surface area contributed by atoms with Gasteiger partial charge in [-0.25, -0.2) is 9.50 Å². The summed E-state index contributed by atoms with van der Waals surface area (Å²) in [5.74, 6) is -2.29. The molecule has 2 heterocycles. The van der Waals surface area contributed by atoms with Crippen molar-refractivity contribution in [3.8, 4) is 0 Å². The number of nitrogens with zero attached hydrogens (tertiary/aromatic N) is 3. The minimum absolute atomic E-state index is 0.180. The summed E-state index contributed by atoms with van der Waals surface area (Å²) >= 11 is 5.66. The predicted octanol–water partition coefficient (Wildman–Crippen LogP) is 2.19. The second kappa shape index (κ2) is 4.13. The molecule has 9 heteroatoms. The van der Waals surface area contributed by atoms with Gasteiger partial charge in [-0.15, -0.1) is 5.10 Å². The third-order valence-corrected chi connectivity index (χ3v) is 2.38. The number of carbonyl (C=O) groups is 1. The van der Waals surface area contributed by atoms with Crippen molar-refractivity contribution in [2.45, 2.75) is 13.1 Å². The van der Waals surface area contributed by atoms with Gasteiger partial charge in [-0.1, -0.05) is 11.6 Å². The van der Waals surface area contributed by atoms with Gasteiger partial charge in [-0.05, 0) is 13.0 Å². The second-order valence-corrected chi connectivity index (χ2v) is 3.83. The van der Waals surface area contributed by atoms with E-state index in [9.17, 15) is 18.0 Å². The molecule has 2 rings (SSSR count). The standard InChI is InChI=1S/C9H6ClF3N4O/c1-4-6(15-8(18)9(11,12)13)16-17-3-2-5(10)14-7(4)17/h2-3H,1H3,(H,15,16,18). The average molecular weight is 279 g/mol. The van der Waals surface area contributed by atoms with Crippen molar-refractivity contribution in [3.05, 3.63) is 23.0 Å². The Morgan fingerprint density at radius 2 is 2.17 bits per heavy atom. The first-order chi connectivity index (χ1) is 8.29. The maximum atomic E-state index is 12.1. The summed E-state index contributed by atoms with van der Waals surface area (Å²) in [7, 11) is 0. The van der Waals surface area contributed by atoms with E-state index in [2.05, 4.69) is 10.1 Å². The lowest BCUT2D eigenvalue weighted by Gasteiger charge is -2.05. The number of rotatable bonds is 1. The van der Waals surface area contributed by atoms with Crippen LogP contribution in [0.2, 0.25) is 5.15 Å². The number of aryl methyl sites for hydroxylation is 1. The van der Waals surface area contributed by atoms with E-state index in [-0.39, 0.29) is 16.6 Å². The lowest BCUT2D eigenvalue weighted by atomic mass is 10.3. The summed E-state index contributed by atoms with van der Waals surface area (Å²) in [6, 6.07) is 1.43. The molecule has 0 bridgehead atoms. The summed E-state index contributed by atoms with van der Waals surface area (Å²) in [4.78, 5) is 14.7. The fourth-order valence-electron chi connectivity index (χ4n) is 1.31. The Labute approximate surface area is 104 Å². The number of carbonyl (C=O) groups excluding carboxylic acids is 1. The maximum absolute atomic E-state index is 12.1. The molecule has 0 aliphatic rings. The summed E-state index contributed by atoms with van der Waals surface area (Å²) in [5, 5.41) is 5.63. The van der Waals surface area contributed by atoms with Gasteiger partial charge >= 0.3 is 12.1 Å². The molecule has 0 fully saturated rings. The van der Waals surface area contributed by atoms with Gasteiger partial charge in [-0.3, -0.25) is 4.79 Å². The zero-order valence-corrected chi connectivity index (χ0v) is 9.67. The smallest absolute Gasteiger partial charge is 0.301 e. The number of halogens is 4. The first-order valence-electron chi connectivity index (χ1n) is 4.68. The van der Waals surface area contributed by atoms with E-state index in [1.165, 1.54) is 23.7 Å². The van der Waals surface area contributed by atoms with Gasteiger partial charge in [0.1, 0.15) is 5.15 Å². The summed E-state index contributed by atoms with van der Waals surface area (Å²) < 4.78 is 37.5. The Morgan fingerprint density at radius 3 is 2.78 bits per heavy atom. The Kier molecular flexibility index (Phi) is 2.89. The van der Waals surface area contributed by atoms with Crippen molar-refractivity contribution in [2.24, 2.45) is 0 Å². The third kappa shape index (κ3) is 2.23. The molecule has 0 saturated heterocycles. The SMILES string of the molecule is Cc1c(NC(=O)C(F)(F)F)nn2ccc(Cl)nc12. The number of hydrogen-bond acceptors (Lipinski definition) is 3. The number of hydrogen-bond donors (Lipinski definition) is 1. The largest absolute Gasteiger partial charge is 0.471 e. The van der Waals surface area contributed by atoms with Crippen molar-refractivity contribution in [1.29, 1.82) is 0 Å². The van der Waals surface area contributed by atoms with Gasteiger partial charge < -0.3 is 5.32 Å². The monoisotopic (exact) mass is 278 g/mol. The van der Waals surface area contributed by atoms with Crippen LogP contribution in [0.1, 0.15) is 5.56 Å². The molecule has 2 aromatic rings. The third-order valence-electron chi connectivity index (χ3n) is 2.17. The van der Waals surface area contributed by atoms with E-state index in [0.29, 0.717) is 5.56 Å². The quantitative estimate of drug-likeness (QED) is 0.814. The molecule has 18 heavy (non-hydrogen) atoms. The molecule has 0 unspecified atom stereocenters. The van der Waals surface area contributed by atoms with Crippen LogP contribution in [0.4, 0.5) is 19.0 Å². The molecule has 0 aliphatic carbocycles. The molecule has 0 saturated carbocycles. The minimum Gasteiger partial charge on any atom is -0.301 e. The molecule has 1 amide bonds. The van der Waals surface area contributed by atoms with E-state index in [4.69, 9.17) is 11.6 Å². The summed E-state index contributed by atoms with van der Waals surface area (Å²) in [6.45, 7) is 1.48. The van der Waals surface area contributed by atoms with Gasteiger partial charge in [0.15, 0.2) is 11.5 Å². The van der Waals surface area contributed by atoms with Crippen LogP contribution in [0.5, 0.6) is 0 Å². The van der Waals surface area contributed by atoms with Gasteiger partial charge in [0.05, 0.1) is 0 Å². The van der Waals surface area contributed by atoms with Crippen LogP contribution < -0.4 is 5.32 Å². The molecule has 2 aromatic heterocycles. The highest BCUT2D eigenvalue weighted by atomic mass is 35.5. The molecule has 0 spiro atoms. The van der Waals surface area contributed by atoms with Crippen LogP contribution in [-0.4, -0.2) is 26.7 Å². The zero-order valence-electron chi connectivity index (χ0n) is 8.92. The molecule has 1 N–H and O–H groups in total. The lowest BCUT2D eigenvalue weighted by molar-refractivity contribution is -0.167. The number of aromatic nitrogens is 3. The van der Waals surface area contributed by atoms with Crippen LogP contribution in [0, 0.1) is 6.92 Å². The fourth-order valence-corrected chi connectivity index (χ4v) is 1.45. The number of alkyl halides is 3. The van der Waals surface area contributed by atoms with Crippen LogP contribution in [0.3, 0.4) is 0 Å². The second-order valence-electron chi connectivity index (χ2n) is 3.44. The highest BCUT2D eigenvalue weighted by Gasteiger charge is 2.39. The van der Waals surface area contributed by atoms with Gasteiger partial charge in [0, 0.05) is 11.8 Å². The van der Waals surface area contributed by atoms with Gasteiger partial charge in [0.25, 0.3) is 0 Å². The molecular weight excluding hydrogens is 273 g/mol. The number of nitrogens with one attached hydrogen (secondary N) is 1. The average Bonchev–Trinajstić information content (AvgIpc) is 2.55. The number of fused-ring (bicyclic) bond motifs is 1. The van der Waals surface area contributed by atoms with Crippen molar-refractivity contribution in [1.82, 2.24) is 14.6 Å². The summed E-state index contributed by atoms with van der Waals surface area (Å²) in [6.07, 6.45) is -3.53. The first-order valence-corrected chi connectivity index (χ1v) is 5.06. The Bertz CT molecular complexity index is 622. The predicted molar refractivity (Wildman–Crippen MR) is 57.4 cm³/mol. The van der Waals surface area contributed by atoms with Crippen molar-refractivity contribution < 1.29 is 18.0 Å². The van der Waals surface area contributed by atoms with E-state index in [1.807, 2.05) is 0 Å². The van der Waals surface area contributed by atoms with Crippen LogP contribution in [-0.2, 0) is 4.79 Å². The van der Waals surface area contributed by atoms with Gasteiger partial charge in [0.2, 0.25) is 0 Å². The Hall–Kier alpha value is -1.83. The normalized spacial score (nSPS) is 11.8. The van der Waals surface area contributed by atoms with Crippen LogP contribution in [0.25, 0.3) is 5.65 Å². The Morgan fingerprint density at radius 1 is 1.50 bits per heavy atom. The fraction of sp³-hybridized carbons (Fsp3) is 0.222. The van der Waals surface area contributed by atoms with Crippen LogP contribution >= 0.6 is 11.6 Å². The van der Waals surface area contributed by atoms with Crippen molar-refractivity contribution in [3.63, 3.8) is 0 Å². The minimum atomic E-state index is -4.96. The lowest BCUT2D eigenvalue weighted by Crippen LogP contribution is -2.30. The number of amides is 1. The van der Waals surface area contributed by atoms with Crippen LogP contribution in [0.15, 0.2) is 12.3 Å². The molecule has 0 radical (unpaired) electrons. The van der Waals surface area contributed by atoms with E-state index in [0.717, 1.165) is 0 Å². The maximum Gasteiger partial charge on any atom is 0.471 e. The van der Waals surface area contributed by atoms with E-state index in [1.54, 1.807) is 5.32 Å². The first kappa shape index (κ1) is 12.6. The number of anilines is 1. The van der Waals surface area contributed by atoms with Crippen molar-refractivity contribution in [2.75, 3.05) is 5.32 Å². The van der Waals surface area contributed by atoms with Crippen molar-refractivity contribution >= 4 is 29.0 Å². The Balaban J connectivity index is 2.41. The molecular formula is C9H6ClF3N4O. The highest BCUT2D eigenvalue weighted by Crippen LogP contribution is 2.22. The van der Waals surface area contributed by atoms with E-state index < -0.39 is 12.1 Å². The summed E-state index contributed by atoms with van der Waals surface area (Å²) in [5.41, 5.74) is 0.579. The topological polar surface area (TPSA) is 59.3 Å². The molecule has 0 atom stereocenters. The molecule has 0 aliphatic heterocycles. The molecule has 5 nitrogen and oxygen atoms in total. The molecule has 0 aromatic carbocycles. The zero-order chi connectivity index (χ0) is 13.5. The van der Waals surface area contributed by atoms with Gasteiger partial charge in [-0.2, -0.15) is 13.2 Å².